The molecule has 0 aliphatic heterocycles. The van der Waals surface area contributed by atoms with Gasteiger partial charge >= 0.3 is 10.9 Å². The second-order valence-electron chi connectivity index (χ2n) is 2.64. The lowest BCUT2D eigenvalue weighted by atomic mass is 10.3. The zero-order valence-corrected chi connectivity index (χ0v) is 8.57. The minimum Gasteiger partial charge on any atom is -0.350 e. The van der Waals surface area contributed by atoms with Crippen LogP contribution in [-0.2, 0) is 0 Å². The number of rotatable bonds is 2. The number of hydrogen-bond acceptors (Lipinski definition) is 4. The summed E-state index contributed by atoms with van der Waals surface area (Å²) < 4.78 is 0. The van der Waals surface area contributed by atoms with Gasteiger partial charge in [0, 0.05) is 5.69 Å². The number of carbonyl (C=O) groups is 1. The van der Waals surface area contributed by atoms with E-state index in [2.05, 4.69) is 15.5 Å². The third-order valence-corrected chi connectivity index (χ3v) is 2.58. The molecule has 0 unspecified atom stereocenters. The van der Waals surface area contributed by atoms with Crippen LogP contribution in [0.3, 0.4) is 0 Å². The summed E-state index contributed by atoms with van der Waals surface area (Å²) >= 11 is 1.04. The molecule has 0 saturated heterocycles. The molecule has 0 saturated carbocycles. The van der Waals surface area contributed by atoms with E-state index in [9.17, 15) is 9.59 Å². The quantitative estimate of drug-likeness (QED) is 0.481. The Balaban J connectivity index is 2.94. The highest BCUT2D eigenvalue weighted by atomic mass is 32.1. The molecule has 7 heteroatoms. The molecule has 0 spiro atoms. The van der Waals surface area contributed by atoms with Gasteiger partial charge in [0.2, 0.25) is 0 Å². The molecule has 1 aromatic rings. The number of hydrazone groups is 1. The van der Waals surface area contributed by atoms with E-state index >= 15 is 0 Å². The van der Waals surface area contributed by atoms with Crippen LogP contribution in [0.15, 0.2) is 9.90 Å². The number of aryl methyl sites for hydroxylation is 1. The summed E-state index contributed by atoms with van der Waals surface area (Å²) in [5.74, 6) is 0. The summed E-state index contributed by atoms with van der Waals surface area (Å²) in [4.78, 5) is 24.5. The van der Waals surface area contributed by atoms with Gasteiger partial charge < -0.3 is 10.7 Å². The van der Waals surface area contributed by atoms with E-state index in [1.54, 1.807) is 13.8 Å². The number of urea groups is 1. The Morgan fingerprint density at radius 2 is 2.29 bits per heavy atom. The normalized spacial score (nSPS) is 11.4. The van der Waals surface area contributed by atoms with Crippen LogP contribution in [0.1, 0.15) is 17.5 Å². The molecule has 6 nitrogen and oxygen atoms in total. The predicted octanol–water partition coefficient (Wildman–Crippen LogP) is 0.137. The van der Waals surface area contributed by atoms with Crippen LogP contribution < -0.4 is 16.0 Å². The maximum Gasteiger partial charge on any atom is 0.332 e. The molecule has 0 radical (unpaired) electrons. The van der Waals surface area contributed by atoms with Gasteiger partial charge in [-0.1, -0.05) is 11.3 Å². The molecule has 0 aliphatic rings. The van der Waals surface area contributed by atoms with Gasteiger partial charge in [-0.15, -0.1) is 0 Å². The van der Waals surface area contributed by atoms with Crippen molar-refractivity contribution in [2.75, 3.05) is 0 Å². The Bertz CT molecular complexity index is 431. The van der Waals surface area contributed by atoms with Crippen LogP contribution in [0.4, 0.5) is 4.79 Å². The van der Waals surface area contributed by atoms with Crippen LogP contribution in [0.2, 0.25) is 0 Å². The van der Waals surface area contributed by atoms with E-state index < -0.39 is 6.03 Å². The number of hydrogen-bond donors (Lipinski definition) is 3. The third-order valence-electron chi connectivity index (χ3n) is 1.49. The Hall–Kier alpha value is -1.63. The van der Waals surface area contributed by atoms with Gasteiger partial charge in [-0.05, 0) is 13.8 Å². The highest BCUT2D eigenvalue weighted by molar-refractivity contribution is 7.11. The van der Waals surface area contributed by atoms with E-state index in [0.29, 0.717) is 10.6 Å². The number of nitrogens with two attached hydrogens (primary N) is 1. The number of primary amides is 1. The molecule has 2 amide bonds. The van der Waals surface area contributed by atoms with Crippen LogP contribution in [0.25, 0.3) is 0 Å². The lowest BCUT2D eigenvalue weighted by molar-refractivity contribution is 0.249. The smallest absolute Gasteiger partial charge is 0.332 e. The van der Waals surface area contributed by atoms with Crippen molar-refractivity contribution in [1.82, 2.24) is 10.4 Å². The molecule has 76 valence electrons. The number of nitrogens with zero attached hydrogens (tertiary/aromatic N) is 1. The van der Waals surface area contributed by atoms with Crippen LogP contribution >= 0.6 is 11.3 Å². The first-order valence-corrected chi connectivity index (χ1v) is 4.62. The Kier molecular flexibility index (Phi) is 3.03. The maximum atomic E-state index is 10.9. The van der Waals surface area contributed by atoms with Gasteiger partial charge in [0.05, 0.1) is 10.6 Å². The fourth-order valence-corrected chi connectivity index (χ4v) is 1.73. The zero-order chi connectivity index (χ0) is 10.7. The number of H-pyrrole nitrogens is 1. The third kappa shape index (κ3) is 2.43. The van der Waals surface area contributed by atoms with Gasteiger partial charge in [-0.25, -0.2) is 10.2 Å². The lowest BCUT2D eigenvalue weighted by Gasteiger charge is -1.97. The van der Waals surface area contributed by atoms with Gasteiger partial charge in [0.15, 0.2) is 0 Å². The molecule has 1 rings (SSSR count). The molecule has 0 fully saturated rings. The molecule has 0 bridgehead atoms. The number of thiazole rings is 1. The molecule has 0 atom stereocenters. The van der Waals surface area contributed by atoms with Crippen LogP contribution in [-0.4, -0.2) is 16.7 Å². The Morgan fingerprint density at radius 1 is 1.64 bits per heavy atom. The average molecular weight is 214 g/mol. The van der Waals surface area contributed by atoms with Crippen molar-refractivity contribution in [3.63, 3.8) is 0 Å². The molecular weight excluding hydrogens is 204 g/mol. The molecule has 1 heterocycles. The Morgan fingerprint density at radius 3 is 2.71 bits per heavy atom. The van der Waals surface area contributed by atoms with Crippen molar-refractivity contribution < 1.29 is 4.79 Å². The van der Waals surface area contributed by atoms with E-state index in [0.717, 1.165) is 17.0 Å². The van der Waals surface area contributed by atoms with E-state index in [4.69, 9.17) is 5.73 Å². The zero-order valence-electron chi connectivity index (χ0n) is 7.75. The second-order valence-corrected chi connectivity index (χ2v) is 3.63. The predicted molar refractivity (Wildman–Crippen MR) is 54.6 cm³/mol. The maximum absolute atomic E-state index is 10.9. The standard InChI is InChI=1S/C7H10N4O2S/c1-3-5(14-7(13)9-3)4(2)10-11-6(8)12/h1-2H3,(H,9,13)(H3,8,11,12)/b10-4+. The minimum atomic E-state index is -0.732. The SMILES string of the molecule is C/C(=N\NC(N)=O)c1sc(=O)[nH]c1C. The van der Waals surface area contributed by atoms with E-state index in [1.165, 1.54) is 0 Å². The van der Waals surface area contributed by atoms with Crippen LogP contribution in [0.5, 0.6) is 0 Å². The van der Waals surface area contributed by atoms with Crippen molar-refractivity contribution >= 4 is 23.1 Å². The molecule has 0 aromatic carbocycles. The van der Waals surface area contributed by atoms with Gasteiger partial charge in [0.1, 0.15) is 0 Å². The average Bonchev–Trinajstić information content (AvgIpc) is 2.41. The van der Waals surface area contributed by atoms with Gasteiger partial charge in [-0.2, -0.15) is 5.10 Å². The first-order chi connectivity index (χ1) is 6.50. The van der Waals surface area contributed by atoms with Crippen molar-refractivity contribution in [3.05, 3.63) is 20.2 Å². The summed E-state index contributed by atoms with van der Waals surface area (Å²) in [7, 11) is 0. The van der Waals surface area contributed by atoms with Crippen LogP contribution in [0, 0.1) is 6.92 Å². The first kappa shape index (κ1) is 10.5. The number of amides is 2. The first-order valence-electron chi connectivity index (χ1n) is 3.80. The molecule has 1 aromatic heterocycles. The highest BCUT2D eigenvalue weighted by Gasteiger charge is 2.06. The van der Waals surface area contributed by atoms with Crippen molar-refractivity contribution in [2.45, 2.75) is 13.8 Å². The number of aromatic amines is 1. The second kappa shape index (κ2) is 4.05. The summed E-state index contributed by atoms with van der Waals surface area (Å²) in [6.07, 6.45) is 0. The van der Waals surface area contributed by atoms with Crippen molar-refractivity contribution in [2.24, 2.45) is 10.8 Å². The number of nitrogens with one attached hydrogen (secondary N) is 2. The molecule has 14 heavy (non-hydrogen) atoms. The minimum absolute atomic E-state index is 0.147. The largest absolute Gasteiger partial charge is 0.350 e. The summed E-state index contributed by atoms with van der Waals surface area (Å²) in [6.45, 7) is 3.44. The number of carbonyl (C=O) groups excluding carboxylic acids is 1. The molecular formula is C7H10N4O2S. The summed E-state index contributed by atoms with van der Waals surface area (Å²) in [5, 5.41) is 3.71. The fourth-order valence-electron chi connectivity index (χ4n) is 0.940. The summed E-state index contributed by atoms with van der Waals surface area (Å²) in [5.41, 5.74) is 8.21. The molecule has 0 aliphatic carbocycles. The topological polar surface area (TPSA) is 100 Å². The fraction of sp³-hybridized carbons (Fsp3) is 0.286. The van der Waals surface area contributed by atoms with Gasteiger partial charge in [-0.3, -0.25) is 4.79 Å². The van der Waals surface area contributed by atoms with Crippen molar-refractivity contribution in [1.29, 1.82) is 0 Å². The highest BCUT2D eigenvalue weighted by Crippen LogP contribution is 2.08. The Labute approximate surface area is 83.8 Å². The lowest BCUT2D eigenvalue weighted by Crippen LogP contribution is -2.25. The van der Waals surface area contributed by atoms with Gasteiger partial charge in [0.25, 0.3) is 0 Å². The monoisotopic (exact) mass is 214 g/mol. The van der Waals surface area contributed by atoms with Crippen molar-refractivity contribution in [3.8, 4) is 0 Å². The van der Waals surface area contributed by atoms with E-state index in [-0.39, 0.29) is 4.87 Å². The van der Waals surface area contributed by atoms with E-state index in [1.807, 2.05) is 0 Å². The number of aromatic nitrogens is 1. The summed E-state index contributed by atoms with van der Waals surface area (Å²) in [6, 6.07) is -0.732. The molecule has 4 N–H and O–H groups in total.